The van der Waals surface area contributed by atoms with E-state index in [0.29, 0.717) is 11.8 Å². The number of aryl methyl sites for hydroxylation is 1. The molecule has 5 aromatic carbocycles. The van der Waals surface area contributed by atoms with Crippen LogP contribution in [0.25, 0.3) is 0 Å². The topological polar surface area (TPSA) is 6.48 Å². The van der Waals surface area contributed by atoms with E-state index in [-0.39, 0.29) is 39.2 Å². The smallest absolute Gasteiger partial charge is 0.252 e. The van der Waals surface area contributed by atoms with E-state index in [9.17, 15) is 0 Å². The largest absolute Gasteiger partial charge is 0.311 e. The van der Waals surface area contributed by atoms with Crippen LogP contribution in [0.15, 0.2) is 103 Å². The van der Waals surface area contributed by atoms with Crippen LogP contribution in [-0.4, -0.2) is 6.71 Å². The van der Waals surface area contributed by atoms with Gasteiger partial charge in [0.2, 0.25) is 0 Å². The van der Waals surface area contributed by atoms with Crippen LogP contribution in [0.5, 0.6) is 0 Å². The monoisotopic (exact) mass is 829 g/mol. The molecule has 0 bridgehead atoms. The van der Waals surface area contributed by atoms with E-state index in [1.807, 2.05) is 0 Å². The first-order valence-electron chi connectivity index (χ1n) is 24.2. The standard InChI is InChI=1S/C60H69BN2/c1-36-30-51-54-52(31-36)63(49-21-17-19-40-39-18-15-16-20-41(39)60(13,14)53(40)49)48-25-22-37(55(2,3)4)32-46(48)61(54)47-34-44-45(59(11,12)29-28-58(44,9)10)35-50(47)62(51)38-23-24-42-43(33-38)57(7,8)27-26-56(42,5)6/h15-25,30-35,39,41H,26-29H2,1-14H3. The second kappa shape index (κ2) is 13.0. The van der Waals surface area contributed by atoms with Crippen LogP contribution >= 0.6 is 0 Å². The van der Waals surface area contributed by atoms with Crippen LogP contribution in [0.1, 0.15) is 166 Å². The summed E-state index contributed by atoms with van der Waals surface area (Å²) in [6.07, 6.45) is 14.2. The minimum Gasteiger partial charge on any atom is -0.311 e. The molecule has 63 heavy (non-hydrogen) atoms. The Bertz CT molecular complexity index is 2850. The molecule has 2 nitrogen and oxygen atoms in total. The predicted octanol–water partition coefficient (Wildman–Crippen LogP) is 14.2. The van der Waals surface area contributed by atoms with Crippen LogP contribution in [0, 0.1) is 12.8 Å². The van der Waals surface area contributed by atoms with E-state index >= 15 is 0 Å². The number of rotatable bonds is 2. The molecule has 322 valence electrons. The van der Waals surface area contributed by atoms with E-state index in [4.69, 9.17) is 0 Å². The predicted molar refractivity (Wildman–Crippen MR) is 272 cm³/mol. The normalized spacial score (nSPS) is 23.2. The molecular weight excluding hydrogens is 759 g/mol. The molecule has 0 N–H and O–H groups in total. The summed E-state index contributed by atoms with van der Waals surface area (Å²) in [7, 11) is 0. The van der Waals surface area contributed by atoms with Gasteiger partial charge in [-0.3, -0.25) is 0 Å². The molecule has 4 aliphatic carbocycles. The van der Waals surface area contributed by atoms with Gasteiger partial charge in [0.05, 0.1) is 5.69 Å². The Hall–Kier alpha value is -4.76. The van der Waals surface area contributed by atoms with Gasteiger partial charge >= 0.3 is 0 Å². The molecule has 0 spiro atoms. The van der Waals surface area contributed by atoms with E-state index < -0.39 is 0 Å². The fraction of sp³-hybridized carbons (Fsp3) is 0.433. The average Bonchev–Trinajstić information content (AvgIpc) is 3.46. The van der Waals surface area contributed by atoms with E-state index in [1.54, 1.807) is 0 Å². The summed E-state index contributed by atoms with van der Waals surface area (Å²) in [6.45, 7) is 34.4. The highest BCUT2D eigenvalue weighted by Gasteiger charge is 2.50. The highest BCUT2D eigenvalue weighted by molar-refractivity contribution is 7.00. The molecule has 2 unspecified atom stereocenters. The molecular formula is C60H69BN2. The zero-order chi connectivity index (χ0) is 44.6. The van der Waals surface area contributed by atoms with Crippen molar-refractivity contribution in [2.75, 3.05) is 9.80 Å². The van der Waals surface area contributed by atoms with Crippen molar-refractivity contribution in [1.82, 2.24) is 0 Å². The minimum absolute atomic E-state index is 0.00426. The fourth-order valence-corrected chi connectivity index (χ4v) is 13.4. The number of benzene rings is 5. The summed E-state index contributed by atoms with van der Waals surface area (Å²) >= 11 is 0. The number of fused-ring (bicyclic) bond motifs is 9. The van der Waals surface area contributed by atoms with Gasteiger partial charge < -0.3 is 9.80 Å². The van der Waals surface area contributed by atoms with Crippen molar-refractivity contribution in [1.29, 1.82) is 0 Å². The van der Waals surface area contributed by atoms with Gasteiger partial charge in [-0.2, -0.15) is 0 Å². The Morgan fingerprint density at radius 1 is 0.540 bits per heavy atom. The first-order chi connectivity index (χ1) is 29.5. The second-order valence-electron chi connectivity index (χ2n) is 24.9. The lowest BCUT2D eigenvalue weighted by atomic mass is 9.33. The van der Waals surface area contributed by atoms with Crippen molar-refractivity contribution in [3.63, 3.8) is 0 Å². The summed E-state index contributed by atoms with van der Waals surface area (Å²) in [6, 6.07) is 32.7. The third kappa shape index (κ3) is 5.75. The maximum atomic E-state index is 2.72. The fourth-order valence-electron chi connectivity index (χ4n) is 13.4. The maximum Gasteiger partial charge on any atom is 0.252 e. The third-order valence-corrected chi connectivity index (χ3v) is 17.4. The molecule has 0 radical (unpaired) electrons. The van der Waals surface area contributed by atoms with Gasteiger partial charge in [-0.05, 0) is 174 Å². The molecule has 0 aromatic heterocycles. The molecule has 3 heteroatoms. The molecule has 2 aliphatic heterocycles. The second-order valence-corrected chi connectivity index (χ2v) is 24.9. The molecule has 0 saturated heterocycles. The van der Waals surface area contributed by atoms with Crippen LogP contribution in [0.3, 0.4) is 0 Å². The minimum atomic E-state index is -0.0517. The highest BCUT2D eigenvalue weighted by atomic mass is 15.2. The van der Waals surface area contributed by atoms with Gasteiger partial charge in [-0.25, -0.2) is 0 Å². The van der Waals surface area contributed by atoms with Crippen molar-refractivity contribution in [3.8, 4) is 0 Å². The summed E-state index contributed by atoms with van der Waals surface area (Å²) < 4.78 is 0. The zero-order valence-corrected chi connectivity index (χ0v) is 40.8. The molecule has 2 atom stereocenters. The summed E-state index contributed by atoms with van der Waals surface area (Å²) in [5.41, 5.74) is 24.3. The number of nitrogens with zero attached hydrogens (tertiary/aromatic N) is 2. The molecule has 0 fully saturated rings. The van der Waals surface area contributed by atoms with E-state index in [0.717, 1.165) is 0 Å². The quantitative estimate of drug-likeness (QED) is 0.160. The molecule has 6 aliphatic rings. The summed E-state index contributed by atoms with van der Waals surface area (Å²) in [5, 5.41) is 0. The third-order valence-electron chi connectivity index (χ3n) is 17.4. The number of allylic oxidation sites excluding steroid dienone is 4. The zero-order valence-electron chi connectivity index (χ0n) is 40.8. The molecule has 5 aromatic rings. The van der Waals surface area contributed by atoms with Crippen LogP contribution < -0.4 is 26.2 Å². The van der Waals surface area contributed by atoms with Crippen molar-refractivity contribution in [3.05, 3.63) is 148 Å². The molecule has 0 amide bonds. The van der Waals surface area contributed by atoms with E-state index in [2.05, 4.69) is 210 Å². The van der Waals surface area contributed by atoms with Gasteiger partial charge in [0.25, 0.3) is 6.71 Å². The van der Waals surface area contributed by atoms with E-state index in [1.165, 1.54) is 121 Å². The first kappa shape index (κ1) is 41.0. The Kier molecular flexibility index (Phi) is 8.43. The Balaban J connectivity index is 1.26. The van der Waals surface area contributed by atoms with Gasteiger partial charge in [-0.15, -0.1) is 0 Å². The van der Waals surface area contributed by atoms with Gasteiger partial charge in [0.15, 0.2) is 0 Å². The summed E-state index contributed by atoms with van der Waals surface area (Å²) in [5.74, 6) is 0.802. The molecule has 0 saturated carbocycles. The number of hydrogen-bond donors (Lipinski definition) is 0. The van der Waals surface area contributed by atoms with Crippen LogP contribution in [0.2, 0.25) is 0 Å². The van der Waals surface area contributed by atoms with Crippen LogP contribution in [0.4, 0.5) is 34.1 Å². The molecule has 2 heterocycles. The first-order valence-corrected chi connectivity index (χ1v) is 24.2. The van der Waals surface area contributed by atoms with Gasteiger partial charge in [0, 0.05) is 34.4 Å². The van der Waals surface area contributed by atoms with Crippen molar-refractivity contribution >= 4 is 57.2 Å². The van der Waals surface area contributed by atoms with Gasteiger partial charge in [-0.1, -0.05) is 151 Å². The lowest BCUT2D eigenvalue weighted by molar-refractivity contribution is 0.332. The highest BCUT2D eigenvalue weighted by Crippen LogP contribution is 2.58. The van der Waals surface area contributed by atoms with Gasteiger partial charge in [0.1, 0.15) is 0 Å². The molecule has 11 rings (SSSR count). The average molecular weight is 829 g/mol. The van der Waals surface area contributed by atoms with Crippen molar-refractivity contribution < 1.29 is 0 Å². The lowest BCUT2D eigenvalue weighted by Gasteiger charge is -2.48. The Morgan fingerprint density at radius 3 is 1.79 bits per heavy atom. The lowest BCUT2D eigenvalue weighted by Crippen LogP contribution is -2.62. The Labute approximate surface area is 380 Å². The van der Waals surface area contributed by atoms with Crippen LogP contribution in [-0.2, 0) is 32.5 Å². The van der Waals surface area contributed by atoms with Crippen molar-refractivity contribution in [2.45, 2.75) is 161 Å². The van der Waals surface area contributed by atoms with Crippen molar-refractivity contribution in [2.24, 2.45) is 5.92 Å². The summed E-state index contributed by atoms with van der Waals surface area (Å²) in [4.78, 5) is 5.43. The number of anilines is 6. The Morgan fingerprint density at radius 2 is 1.13 bits per heavy atom. The maximum absolute atomic E-state index is 2.72. The number of hydrogen-bond acceptors (Lipinski definition) is 2. The SMILES string of the molecule is Cc1cc2c3c(c1)N(c1cccc4c1C(C)(C)C1C=CC=CC41)c1ccc(C(C)(C)C)cc1B3c1cc3c(cc1N2c1ccc2c(c1)C(C)(C)CCC2(C)C)C(C)(C)CCC3(C)C.